The van der Waals surface area contributed by atoms with Crippen molar-refractivity contribution in [3.8, 4) is 0 Å². The minimum absolute atomic E-state index is 0.0640. The summed E-state index contributed by atoms with van der Waals surface area (Å²) in [5.41, 5.74) is 5.22. The average Bonchev–Trinajstić information content (AvgIpc) is 1.84. The van der Waals surface area contributed by atoms with E-state index in [9.17, 15) is 4.79 Å². The van der Waals surface area contributed by atoms with Gasteiger partial charge in [-0.15, -0.1) is 0 Å². The molecule has 54 valence electrons. The van der Waals surface area contributed by atoms with Crippen LogP contribution in [0.2, 0.25) is 0 Å². The molecule has 2 atom stereocenters. The zero-order chi connectivity index (χ0) is 7.44. The first kappa shape index (κ1) is 8.78. The van der Waals surface area contributed by atoms with Gasteiger partial charge < -0.3 is 10.8 Å². The van der Waals surface area contributed by atoms with Crippen LogP contribution in [0.1, 0.15) is 6.92 Å². The summed E-state index contributed by atoms with van der Waals surface area (Å²) in [7, 11) is 0. The SMILES string of the molecule is C[C@H](CS)C(N)C(=O)O. The van der Waals surface area contributed by atoms with E-state index in [1.54, 1.807) is 6.92 Å². The topological polar surface area (TPSA) is 63.3 Å². The van der Waals surface area contributed by atoms with Crippen molar-refractivity contribution in [2.24, 2.45) is 11.7 Å². The van der Waals surface area contributed by atoms with Gasteiger partial charge in [-0.25, -0.2) is 0 Å². The summed E-state index contributed by atoms with van der Waals surface area (Å²) in [5, 5.41) is 8.32. The highest BCUT2D eigenvalue weighted by Crippen LogP contribution is 2.01. The number of hydrogen-bond donors (Lipinski definition) is 3. The smallest absolute Gasteiger partial charge is 0.320 e. The second-order valence-electron chi connectivity index (χ2n) is 2.02. The van der Waals surface area contributed by atoms with E-state index < -0.39 is 12.0 Å². The van der Waals surface area contributed by atoms with Crippen LogP contribution >= 0.6 is 12.6 Å². The Balaban J connectivity index is 3.72. The summed E-state index contributed by atoms with van der Waals surface area (Å²) >= 11 is 3.91. The first-order valence-electron chi connectivity index (χ1n) is 2.68. The molecule has 0 amide bonds. The van der Waals surface area contributed by atoms with Crippen molar-refractivity contribution in [3.63, 3.8) is 0 Å². The normalized spacial score (nSPS) is 16.8. The minimum Gasteiger partial charge on any atom is -0.480 e. The molecule has 0 radical (unpaired) electrons. The van der Waals surface area contributed by atoms with E-state index in [4.69, 9.17) is 10.8 Å². The van der Waals surface area contributed by atoms with Gasteiger partial charge in [-0.05, 0) is 11.7 Å². The lowest BCUT2D eigenvalue weighted by molar-refractivity contribution is -0.139. The molecule has 3 nitrogen and oxygen atoms in total. The van der Waals surface area contributed by atoms with Crippen molar-refractivity contribution in [3.05, 3.63) is 0 Å². The van der Waals surface area contributed by atoms with E-state index in [-0.39, 0.29) is 5.92 Å². The predicted molar refractivity (Wildman–Crippen MR) is 38.6 cm³/mol. The Hall–Kier alpha value is -0.220. The quantitative estimate of drug-likeness (QED) is 0.493. The third-order valence-electron chi connectivity index (χ3n) is 1.19. The van der Waals surface area contributed by atoms with Crippen molar-refractivity contribution >= 4 is 18.6 Å². The van der Waals surface area contributed by atoms with Gasteiger partial charge in [0.05, 0.1) is 0 Å². The fraction of sp³-hybridized carbons (Fsp3) is 0.800. The maximum absolute atomic E-state index is 10.1. The molecule has 0 rings (SSSR count). The van der Waals surface area contributed by atoms with Crippen LogP contribution in [-0.2, 0) is 4.79 Å². The Bertz CT molecular complexity index is 107. The lowest BCUT2D eigenvalue weighted by Gasteiger charge is -2.11. The third kappa shape index (κ3) is 2.72. The van der Waals surface area contributed by atoms with Gasteiger partial charge in [0.1, 0.15) is 6.04 Å². The summed E-state index contributed by atoms with van der Waals surface area (Å²) in [6.45, 7) is 1.76. The highest BCUT2D eigenvalue weighted by molar-refractivity contribution is 7.80. The van der Waals surface area contributed by atoms with Crippen molar-refractivity contribution in [2.75, 3.05) is 5.75 Å². The molecule has 4 heteroatoms. The third-order valence-corrected chi connectivity index (χ3v) is 1.76. The van der Waals surface area contributed by atoms with Gasteiger partial charge in [0.2, 0.25) is 0 Å². The molecular formula is C5H11NO2S. The van der Waals surface area contributed by atoms with E-state index in [0.29, 0.717) is 5.75 Å². The lowest BCUT2D eigenvalue weighted by atomic mass is 10.1. The number of thiol groups is 1. The maximum atomic E-state index is 10.1. The lowest BCUT2D eigenvalue weighted by Crippen LogP contribution is -2.37. The molecule has 0 saturated carbocycles. The maximum Gasteiger partial charge on any atom is 0.320 e. The number of aliphatic carboxylic acids is 1. The average molecular weight is 149 g/mol. The van der Waals surface area contributed by atoms with E-state index in [1.165, 1.54) is 0 Å². The molecule has 0 aliphatic carbocycles. The second kappa shape index (κ2) is 3.74. The Morgan fingerprint density at radius 1 is 1.89 bits per heavy atom. The number of hydrogen-bond acceptors (Lipinski definition) is 3. The van der Waals surface area contributed by atoms with Crippen LogP contribution in [0.5, 0.6) is 0 Å². The number of carbonyl (C=O) groups is 1. The molecule has 0 aromatic rings. The van der Waals surface area contributed by atoms with Crippen LogP contribution in [-0.4, -0.2) is 22.9 Å². The van der Waals surface area contributed by atoms with Gasteiger partial charge in [0.15, 0.2) is 0 Å². The van der Waals surface area contributed by atoms with E-state index >= 15 is 0 Å². The molecule has 0 saturated heterocycles. The molecular weight excluding hydrogens is 138 g/mol. The summed E-state index contributed by atoms with van der Waals surface area (Å²) in [6.07, 6.45) is 0. The van der Waals surface area contributed by atoms with Gasteiger partial charge in [0.25, 0.3) is 0 Å². The molecule has 0 aromatic carbocycles. The van der Waals surface area contributed by atoms with E-state index in [2.05, 4.69) is 12.6 Å². The van der Waals surface area contributed by atoms with Crippen molar-refractivity contribution < 1.29 is 9.90 Å². The molecule has 0 heterocycles. The van der Waals surface area contributed by atoms with Crippen LogP contribution in [0.3, 0.4) is 0 Å². The number of rotatable bonds is 3. The minimum atomic E-state index is -0.962. The zero-order valence-corrected chi connectivity index (χ0v) is 6.14. The van der Waals surface area contributed by atoms with Gasteiger partial charge in [-0.2, -0.15) is 12.6 Å². The number of carboxylic acids is 1. The second-order valence-corrected chi connectivity index (χ2v) is 2.39. The molecule has 0 aromatic heterocycles. The Morgan fingerprint density at radius 2 is 2.33 bits per heavy atom. The molecule has 0 bridgehead atoms. The fourth-order valence-electron chi connectivity index (χ4n) is 0.357. The zero-order valence-electron chi connectivity index (χ0n) is 5.24. The summed E-state index contributed by atoms with van der Waals surface area (Å²) in [6, 6.07) is -0.775. The molecule has 3 N–H and O–H groups in total. The first-order valence-corrected chi connectivity index (χ1v) is 3.32. The Kier molecular flexibility index (Phi) is 3.65. The predicted octanol–water partition coefficient (Wildman–Crippen LogP) is -0.0358. The molecule has 9 heavy (non-hydrogen) atoms. The molecule has 0 aliphatic heterocycles. The molecule has 0 fully saturated rings. The standard InChI is InChI=1S/C5H11NO2S/c1-3(2-9)4(6)5(7)8/h3-4,9H,2,6H2,1H3,(H,7,8)/t3-,4?/m1/s1. The number of nitrogens with two attached hydrogens (primary N) is 1. The highest BCUT2D eigenvalue weighted by atomic mass is 32.1. The van der Waals surface area contributed by atoms with Crippen LogP contribution in [0.4, 0.5) is 0 Å². The van der Waals surface area contributed by atoms with Gasteiger partial charge in [-0.1, -0.05) is 6.92 Å². The van der Waals surface area contributed by atoms with Gasteiger partial charge >= 0.3 is 5.97 Å². The fourth-order valence-corrected chi connectivity index (χ4v) is 0.584. The summed E-state index contributed by atoms with van der Waals surface area (Å²) in [5.74, 6) is -0.518. The highest BCUT2D eigenvalue weighted by Gasteiger charge is 2.17. The Labute approximate surface area is 59.6 Å². The van der Waals surface area contributed by atoms with Crippen LogP contribution in [0.25, 0.3) is 0 Å². The van der Waals surface area contributed by atoms with Crippen molar-refractivity contribution in [1.29, 1.82) is 0 Å². The van der Waals surface area contributed by atoms with Crippen LogP contribution < -0.4 is 5.73 Å². The van der Waals surface area contributed by atoms with Crippen molar-refractivity contribution in [1.82, 2.24) is 0 Å². The Morgan fingerprint density at radius 3 is 2.44 bits per heavy atom. The molecule has 1 unspecified atom stereocenters. The first-order chi connectivity index (χ1) is 4.09. The molecule has 0 spiro atoms. The van der Waals surface area contributed by atoms with E-state index in [1.807, 2.05) is 0 Å². The van der Waals surface area contributed by atoms with Crippen LogP contribution in [0, 0.1) is 5.92 Å². The largest absolute Gasteiger partial charge is 0.480 e. The summed E-state index contributed by atoms with van der Waals surface area (Å²) < 4.78 is 0. The number of carboxylic acid groups (broad SMARTS) is 1. The van der Waals surface area contributed by atoms with Gasteiger partial charge in [0, 0.05) is 0 Å². The summed E-state index contributed by atoms with van der Waals surface area (Å²) in [4.78, 5) is 10.1. The van der Waals surface area contributed by atoms with Crippen LogP contribution in [0.15, 0.2) is 0 Å². The van der Waals surface area contributed by atoms with Crippen molar-refractivity contribution in [2.45, 2.75) is 13.0 Å². The monoisotopic (exact) mass is 149 g/mol. The van der Waals surface area contributed by atoms with Gasteiger partial charge in [-0.3, -0.25) is 4.79 Å². The van der Waals surface area contributed by atoms with E-state index in [0.717, 1.165) is 0 Å². The molecule has 0 aliphatic rings.